The van der Waals surface area contributed by atoms with E-state index < -0.39 is 5.97 Å². The topological polar surface area (TPSA) is 61.8 Å². The van der Waals surface area contributed by atoms with Gasteiger partial charge in [0.15, 0.2) is 0 Å². The number of nitrogens with one attached hydrogen (secondary N) is 1. The van der Waals surface area contributed by atoms with E-state index in [0.717, 1.165) is 0 Å². The molecular weight excluding hydrogens is 196 g/mol. The number of esters is 1. The summed E-state index contributed by atoms with van der Waals surface area (Å²) in [6.07, 6.45) is 1.58. The Morgan fingerprint density at radius 3 is 2.93 bits per heavy atom. The fourth-order valence-electron chi connectivity index (χ4n) is 1.45. The van der Waals surface area contributed by atoms with Crippen LogP contribution in [0.15, 0.2) is 23.2 Å². The summed E-state index contributed by atoms with van der Waals surface area (Å²) in [5.41, 5.74) is 0.188. The number of likely N-dealkylation sites (N-methyl/N-ethyl adjacent to an activating group) is 1. The number of rotatable bonds is 3. The zero-order valence-corrected chi connectivity index (χ0v) is 9.20. The Labute approximate surface area is 89.0 Å². The molecule has 0 aliphatic carbocycles. The molecule has 0 aromatic rings. The van der Waals surface area contributed by atoms with Gasteiger partial charge in [-0.1, -0.05) is 0 Å². The maximum atomic E-state index is 11.6. The first kappa shape index (κ1) is 11.4. The highest BCUT2D eigenvalue weighted by molar-refractivity contribution is 5.93. The fourth-order valence-corrected chi connectivity index (χ4v) is 1.45. The molecule has 0 fully saturated rings. The maximum absolute atomic E-state index is 11.6. The molecule has 5 nitrogen and oxygen atoms in total. The highest BCUT2D eigenvalue weighted by Crippen LogP contribution is 2.19. The van der Waals surface area contributed by atoms with Crippen molar-refractivity contribution in [3.8, 4) is 0 Å². The van der Waals surface area contributed by atoms with Gasteiger partial charge in [-0.3, -0.25) is 0 Å². The van der Waals surface area contributed by atoms with Gasteiger partial charge in [-0.15, -0.1) is 0 Å². The minimum absolute atomic E-state index is 0.0316. The van der Waals surface area contributed by atoms with Crippen molar-refractivity contribution >= 4 is 5.97 Å². The fraction of sp³-hybridized carbons (Fsp3) is 0.500. The van der Waals surface area contributed by atoms with Crippen molar-refractivity contribution in [3.05, 3.63) is 23.2 Å². The third kappa shape index (κ3) is 2.23. The third-order valence-electron chi connectivity index (χ3n) is 2.15. The van der Waals surface area contributed by atoms with Gasteiger partial charge in [0.1, 0.15) is 17.2 Å². The molecule has 1 aliphatic rings. The molecule has 84 valence electrons. The predicted molar refractivity (Wildman–Crippen MR) is 56.1 cm³/mol. The van der Waals surface area contributed by atoms with Gasteiger partial charge in [-0.2, -0.15) is 0 Å². The number of nitrogens with zero attached hydrogens (tertiary/aromatic N) is 1. The Morgan fingerprint density at radius 1 is 1.73 bits per heavy atom. The van der Waals surface area contributed by atoms with Crippen LogP contribution in [0, 0.1) is 0 Å². The van der Waals surface area contributed by atoms with Gasteiger partial charge < -0.3 is 20.1 Å². The molecule has 0 bridgehead atoms. The largest absolute Gasteiger partial charge is 0.507 e. The molecule has 0 spiro atoms. The van der Waals surface area contributed by atoms with Crippen molar-refractivity contribution in [3.63, 3.8) is 0 Å². The van der Waals surface area contributed by atoms with Crippen LogP contribution in [0.2, 0.25) is 0 Å². The Hall–Kier alpha value is -1.65. The molecule has 0 radical (unpaired) electrons. The monoisotopic (exact) mass is 212 g/mol. The lowest BCUT2D eigenvalue weighted by molar-refractivity contribution is -0.138. The summed E-state index contributed by atoms with van der Waals surface area (Å²) in [5.74, 6) is 0.0338. The molecule has 1 rings (SSSR count). The van der Waals surface area contributed by atoms with Crippen molar-refractivity contribution in [2.75, 3.05) is 27.2 Å². The smallest absolute Gasteiger partial charge is 0.345 e. The Morgan fingerprint density at radius 2 is 2.40 bits per heavy atom. The molecule has 1 heterocycles. The van der Waals surface area contributed by atoms with Crippen LogP contribution in [0.1, 0.15) is 6.92 Å². The van der Waals surface area contributed by atoms with E-state index in [4.69, 9.17) is 4.74 Å². The molecule has 1 aliphatic heterocycles. The van der Waals surface area contributed by atoms with Gasteiger partial charge in [0, 0.05) is 20.6 Å². The van der Waals surface area contributed by atoms with E-state index in [2.05, 4.69) is 5.32 Å². The standard InChI is InChI=1S/C10H16N2O3/c1-4-15-10(14)8-7(13)5-6-12(3)9(8)11-2/h5,11,13H,4,6H2,1-3H3. The average Bonchev–Trinajstić information content (AvgIpc) is 2.21. The zero-order chi connectivity index (χ0) is 11.4. The molecule has 0 unspecified atom stereocenters. The van der Waals surface area contributed by atoms with Crippen molar-refractivity contribution in [1.82, 2.24) is 10.2 Å². The summed E-state index contributed by atoms with van der Waals surface area (Å²) in [7, 11) is 3.53. The van der Waals surface area contributed by atoms with Crippen LogP contribution in [-0.4, -0.2) is 43.2 Å². The van der Waals surface area contributed by atoms with Crippen LogP contribution in [0.3, 0.4) is 0 Å². The SMILES string of the molecule is CCOC(=O)C1=C(NC)N(C)CC=C1O. The molecule has 0 saturated heterocycles. The van der Waals surface area contributed by atoms with Crippen LogP contribution >= 0.6 is 0 Å². The number of hydrogen-bond acceptors (Lipinski definition) is 5. The van der Waals surface area contributed by atoms with Crippen molar-refractivity contribution in [2.45, 2.75) is 6.92 Å². The lowest BCUT2D eigenvalue weighted by Crippen LogP contribution is -2.34. The molecule has 2 N–H and O–H groups in total. The normalized spacial score (nSPS) is 16.2. The lowest BCUT2D eigenvalue weighted by Gasteiger charge is -2.27. The quantitative estimate of drug-likeness (QED) is 0.662. The average molecular weight is 212 g/mol. The first-order valence-electron chi connectivity index (χ1n) is 4.81. The van der Waals surface area contributed by atoms with Gasteiger partial charge in [0.2, 0.25) is 0 Å². The van der Waals surface area contributed by atoms with E-state index in [-0.39, 0.29) is 17.9 Å². The number of ether oxygens (including phenoxy) is 1. The minimum atomic E-state index is -0.512. The Kier molecular flexibility index (Phi) is 3.60. The number of carbonyl (C=O) groups is 1. The second-order valence-corrected chi connectivity index (χ2v) is 3.16. The van der Waals surface area contributed by atoms with Crippen LogP contribution in [0.4, 0.5) is 0 Å². The highest BCUT2D eigenvalue weighted by atomic mass is 16.5. The lowest BCUT2D eigenvalue weighted by atomic mass is 10.1. The number of hydrogen-bond donors (Lipinski definition) is 2. The summed E-state index contributed by atoms with van der Waals surface area (Å²) >= 11 is 0. The zero-order valence-electron chi connectivity index (χ0n) is 9.20. The Bertz CT molecular complexity index is 321. The van der Waals surface area contributed by atoms with Crippen molar-refractivity contribution in [1.29, 1.82) is 0 Å². The van der Waals surface area contributed by atoms with E-state index in [1.807, 2.05) is 11.9 Å². The second-order valence-electron chi connectivity index (χ2n) is 3.16. The van der Waals surface area contributed by atoms with Gasteiger partial charge in [0.25, 0.3) is 0 Å². The summed E-state index contributed by atoms with van der Waals surface area (Å²) in [6.45, 7) is 2.58. The van der Waals surface area contributed by atoms with E-state index in [9.17, 15) is 9.90 Å². The van der Waals surface area contributed by atoms with Crippen molar-refractivity contribution < 1.29 is 14.6 Å². The molecule has 0 aromatic carbocycles. The van der Waals surface area contributed by atoms with E-state index in [0.29, 0.717) is 12.4 Å². The molecule has 0 saturated carbocycles. The molecular formula is C10H16N2O3. The summed E-state index contributed by atoms with van der Waals surface area (Å²) in [6, 6.07) is 0. The van der Waals surface area contributed by atoms with Gasteiger partial charge in [-0.05, 0) is 13.0 Å². The highest BCUT2D eigenvalue weighted by Gasteiger charge is 2.25. The first-order valence-corrected chi connectivity index (χ1v) is 4.81. The molecule has 5 heteroatoms. The van der Waals surface area contributed by atoms with E-state index >= 15 is 0 Å². The Balaban J connectivity index is 3.05. The number of aliphatic hydroxyl groups excluding tert-OH is 1. The van der Waals surface area contributed by atoms with Crippen LogP contribution in [0.25, 0.3) is 0 Å². The number of carbonyl (C=O) groups excluding carboxylic acids is 1. The van der Waals surface area contributed by atoms with Crippen LogP contribution < -0.4 is 5.32 Å². The van der Waals surface area contributed by atoms with Crippen LogP contribution in [-0.2, 0) is 9.53 Å². The molecule has 0 atom stereocenters. The summed E-state index contributed by atoms with van der Waals surface area (Å²) in [5, 5.41) is 12.5. The summed E-state index contributed by atoms with van der Waals surface area (Å²) < 4.78 is 4.87. The number of aliphatic hydroxyl groups is 1. The van der Waals surface area contributed by atoms with E-state index in [1.165, 1.54) is 0 Å². The van der Waals surface area contributed by atoms with Gasteiger partial charge in [0.05, 0.1) is 6.61 Å². The van der Waals surface area contributed by atoms with Gasteiger partial charge in [-0.25, -0.2) is 4.79 Å². The van der Waals surface area contributed by atoms with E-state index in [1.54, 1.807) is 20.0 Å². The predicted octanol–water partition coefficient (Wildman–Crippen LogP) is 0.368. The first-order chi connectivity index (χ1) is 7.11. The molecule has 0 aromatic heterocycles. The third-order valence-corrected chi connectivity index (χ3v) is 2.15. The second kappa shape index (κ2) is 4.72. The summed E-state index contributed by atoms with van der Waals surface area (Å²) in [4.78, 5) is 13.4. The minimum Gasteiger partial charge on any atom is -0.507 e. The van der Waals surface area contributed by atoms with Crippen LogP contribution in [0.5, 0.6) is 0 Å². The molecule has 0 amide bonds. The molecule has 15 heavy (non-hydrogen) atoms. The van der Waals surface area contributed by atoms with Crippen molar-refractivity contribution in [2.24, 2.45) is 0 Å². The van der Waals surface area contributed by atoms with Gasteiger partial charge >= 0.3 is 5.97 Å². The maximum Gasteiger partial charge on any atom is 0.345 e.